The van der Waals surface area contributed by atoms with Crippen LogP contribution in [0.1, 0.15) is 35.2 Å². The van der Waals surface area contributed by atoms with Gasteiger partial charge in [0.05, 0.1) is 12.3 Å². The van der Waals surface area contributed by atoms with Crippen molar-refractivity contribution < 1.29 is 4.42 Å². The molecule has 0 fully saturated rings. The Bertz CT molecular complexity index is 533. The van der Waals surface area contributed by atoms with Gasteiger partial charge in [0.2, 0.25) is 0 Å². The topological polar surface area (TPSA) is 25.2 Å². The third-order valence-corrected chi connectivity index (χ3v) is 3.54. The zero-order valence-corrected chi connectivity index (χ0v) is 11.7. The molecule has 2 nitrogen and oxygen atoms in total. The quantitative estimate of drug-likeness (QED) is 0.892. The van der Waals surface area contributed by atoms with Crippen LogP contribution >= 0.6 is 11.6 Å². The molecule has 1 unspecified atom stereocenters. The van der Waals surface area contributed by atoms with E-state index in [0.29, 0.717) is 5.22 Å². The normalized spacial score (nSPS) is 12.7. The second-order valence-corrected chi connectivity index (χ2v) is 4.83. The van der Waals surface area contributed by atoms with E-state index in [1.807, 2.05) is 6.07 Å². The van der Waals surface area contributed by atoms with Crippen molar-refractivity contribution >= 4 is 11.6 Å². The number of benzene rings is 1. The molecule has 2 rings (SSSR count). The molecule has 3 heteroatoms. The minimum absolute atomic E-state index is 0.0838. The summed E-state index contributed by atoms with van der Waals surface area (Å²) in [6.45, 7) is 7.20. The number of hydrogen-bond donors (Lipinski definition) is 1. The molecule has 0 saturated heterocycles. The van der Waals surface area contributed by atoms with Gasteiger partial charge in [-0.15, -0.1) is 0 Å². The molecule has 0 aliphatic heterocycles. The zero-order valence-electron chi connectivity index (χ0n) is 11.0. The summed E-state index contributed by atoms with van der Waals surface area (Å²) < 4.78 is 5.19. The predicted octanol–water partition coefficient (Wildman–Crippen LogP) is 4.25. The van der Waals surface area contributed by atoms with Crippen LogP contribution in [-0.2, 0) is 0 Å². The molecule has 2 aromatic rings. The van der Waals surface area contributed by atoms with E-state index in [1.54, 1.807) is 6.26 Å². The molecule has 1 N–H and O–H groups in total. The Kier molecular flexibility index (Phi) is 4.10. The number of rotatable bonds is 4. The smallest absolute Gasteiger partial charge is 0.198 e. The van der Waals surface area contributed by atoms with Crippen molar-refractivity contribution in [3.63, 3.8) is 0 Å². The van der Waals surface area contributed by atoms with Gasteiger partial charge < -0.3 is 9.73 Å². The third kappa shape index (κ3) is 2.60. The van der Waals surface area contributed by atoms with E-state index in [4.69, 9.17) is 16.0 Å². The number of aryl methyl sites for hydroxylation is 2. The summed E-state index contributed by atoms with van der Waals surface area (Å²) >= 11 is 6.08. The average molecular weight is 264 g/mol. The minimum atomic E-state index is 0.0838. The molecule has 96 valence electrons. The van der Waals surface area contributed by atoms with Crippen LogP contribution in [0.25, 0.3) is 0 Å². The second kappa shape index (κ2) is 5.59. The van der Waals surface area contributed by atoms with Gasteiger partial charge in [-0.1, -0.05) is 25.1 Å². The lowest BCUT2D eigenvalue weighted by Gasteiger charge is -2.18. The summed E-state index contributed by atoms with van der Waals surface area (Å²) in [5, 5.41) is 3.90. The van der Waals surface area contributed by atoms with Crippen LogP contribution in [0.2, 0.25) is 5.22 Å². The number of halogens is 1. The van der Waals surface area contributed by atoms with Gasteiger partial charge in [-0.3, -0.25) is 0 Å². The maximum atomic E-state index is 6.08. The largest absolute Gasteiger partial charge is 0.453 e. The summed E-state index contributed by atoms with van der Waals surface area (Å²) in [6.07, 6.45) is 1.63. The SMILES string of the molecule is CCNC(c1ccc(C)c(C)c1)c1ccoc1Cl. The van der Waals surface area contributed by atoms with Crippen LogP contribution in [-0.4, -0.2) is 6.54 Å². The molecular formula is C15H18ClNO. The van der Waals surface area contributed by atoms with Gasteiger partial charge in [0.15, 0.2) is 5.22 Å². The minimum Gasteiger partial charge on any atom is -0.453 e. The Morgan fingerprint density at radius 2 is 2.00 bits per heavy atom. The summed E-state index contributed by atoms with van der Waals surface area (Å²) in [5.74, 6) is 0. The van der Waals surface area contributed by atoms with Crippen LogP contribution in [0.3, 0.4) is 0 Å². The molecule has 1 aromatic carbocycles. The first kappa shape index (κ1) is 13.2. The molecule has 0 aliphatic rings. The van der Waals surface area contributed by atoms with E-state index in [-0.39, 0.29) is 6.04 Å². The number of furan rings is 1. The van der Waals surface area contributed by atoms with Crippen LogP contribution in [0.15, 0.2) is 34.9 Å². The maximum Gasteiger partial charge on any atom is 0.198 e. The highest BCUT2D eigenvalue weighted by atomic mass is 35.5. The van der Waals surface area contributed by atoms with Crippen molar-refractivity contribution in [1.82, 2.24) is 5.32 Å². The van der Waals surface area contributed by atoms with E-state index >= 15 is 0 Å². The van der Waals surface area contributed by atoms with E-state index in [2.05, 4.69) is 44.3 Å². The molecule has 0 saturated carbocycles. The summed E-state index contributed by atoms with van der Waals surface area (Å²) in [7, 11) is 0. The molecule has 0 bridgehead atoms. The Labute approximate surface area is 113 Å². The standard InChI is InChI=1S/C15H18ClNO/c1-4-17-14(13-7-8-18-15(13)16)12-6-5-10(2)11(3)9-12/h5-9,14,17H,4H2,1-3H3. The Morgan fingerprint density at radius 1 is 1.22 bits per heavy atom. The molecule has 18 heavy (non-hydrogen) atoms. The first-order valence-corrected chi connectivity index (χ1v) is 6.54. The van der Waals surface area contributed by atoms with Crippen molar-refractivity contribution in [3.05, 3.63) is 58.0 Å². The fraction of sp³-hybridized carbons (Fsp3) is 0.333. The van der Waals surface area contributed by atoms with E-state index in [1.165, 1.54) is 16.7 Å². The fourth-order valence-electron chi connectivity index (χ4n) is 2.07. The average Bonchev–Trinajstić information content (AvgIpc) is 2.76. The molecule has 0 aliphatic carbocycles. The lowest BCUT2D eigenvalue weighted by atomic mass is 9.97. The third-order valence-electron chi connectivity index (χ3n) is 3.23. The summed E-state index contributed by atoms with van der Waals surface area (Å²) in [6, 6.07) is 8.49. The highest BCUT2D eigenvalue weighted by molar-refractivity contribution is 6.29. The van der Waals surface area contributed by atoms with E-state index in [9.17, 15) is 0 Å². The molecule has 0 radical (unpaired) electrons. The van der Waals surface area contributed by atoms with E-state index in [0.717, 1.165) is 12.1 Å². The lowest BCUT2D eigenvalue weighted by Crippen LogP contribution is -2.21. The molecule has 1 aromatic heterocycles. The highest BCUT2D eigenvalue weighted by Crippen LogP contribution is 2.30. The van der Waals surface area contributed by atoms with Gasteiger partial charge in [0.1, 0.15) is 0 Å². The fourth-order valence-corrected chi connectivity index (χ4v) is 2.29. The molecule has 0 spiro atoms. The molecular weight excluding hydrogens is 246 g/mol. The van der Waals surface area contributed by atoms with Gasteiger partial charge in [0.25, 0.3) is 0 Å². The molecule has 1 heterocycles. The highest BCUT2D eigenvalue weighted by Gasteiger charge is 2.18. The number of hydrogen-bond acceptors (Lipinski definition) is 2. The van der Waals surface area contributed by atoms with Crippen LogP contribution in [0.4, 0.5) is 0 Å². The van der Waals surface area contributed by atoms with Gasteiger partial charge >= 0.3 is 0 Å². The Balaban J connectivity index is 2.41. The van der Waals surface area contributed by atoms with Gasteiger partial charge in [-0.2, -0.15) is 0 Å². The lowest BCUT2D eigenvalue weighted by molar-refractivity contribution is 0.555. The van der Waals surface area contributed by atoms with Gasteiger partial charge in [-0.25, -0.2) is 0 Å². The first-order chi connectivity index (χ1) is 8.63. The van der Waals surface area contributed by atoms with Crippen molar-refractivity contribution in [3.8, 4) is 0 Å². The summed E-state index contributed by atoms with van der Waals surface area (Å²) in [5.41, 5.74) is 4.78. The monoisotopic (exact) mass is 263 g/mol. The zero-order chi connectivity index (χ0) is 13.1. The van der Waals surface area contributed by atoms with Crippen molar-refractivity contribution in [2.75, 3.05) is 6.54 Å². The first-order valence-electron chi connectivity index (χ1n) is 6.17. The van der Waals surface area contributed by atoms with Gasteiger partial charge in [0, 0.05) is 5.56 Å². The second-order valence-electron chi connectivity index (χ2n) is 4.48. The van der Waals surface area contributed by atoms with Crippen molar-refractivity contribution in [2.24, 2.45) is 0 Å². The molecule has 0 amide bonds. The predicted molar refractivity (Wildman–Crippen MR) is 75.2 cm³/mol. The molecule has 1 atom stereocenters. The van der Waals surface area contributed by atoms with Crippen LogP contribution < -0.4 is 5.32 Å². The van der Waals surface area contributed by atoms with Gasteiger partial charge in [-0.05, 0) is 54.7 Å². The van der Waals surface area contributed by atoms with Crippen LogP contribution in [0.5, 0.6) is 0 Å². The maximum absolute atomic E-state index is 6.08. The van der Waals surface area contributed by atoms with Crippen molar-refractivity contribution in [1.29, 1.82) is 0 Å². The van der Waals surface area contributed by atoms with E-state index < -0.39 is 0 Å². The Hall–Kier alpha value is -1.25. The Morgan fingerprint density at radius 3 is 2.56 bits per heavy atom. The van der Waals surface area contributed by atoms with Crippen LogP contribution in [0, 0.1) is 13.8 Å². The summed E-state index contributed by atoms with van der Waals surface area (Å²) in [4.78, 5) is 0. The number of nitrogens with one attached hydrogen (secondary N) is 1. The van der Waals surface area contributed by atoms with Crippen molar-refractivity contribution in [2.45, 2.75) is 26.8 Å².